The molecule has 0 aliphatic carbocycles. The molecule has 3 fully saturated rings. The first-order chi connectivity index (χ1) is 29.2. The summed E-state index contributed by atoms with van der Waals surface area (Å²) in [5, 5.41) is 9.13. The molecule has 4 aromatic rings. The van der Waals surface area contributed by atoms with Crippen LogP contribution in [0, 0.1) is 6.92 Å². The first-order valence-corrected chi connectivity index (χ1v) is 20.7. The van der Waals surface area contributed by atoms with E-state index in [2.05, 4.69) is 48.6 Å². The molecular weight excluding hydrogens is 765 g/mol. The number of carbonyl (C=O) groups is 5. The van der Waals surface area contributed by atoms with Crippen LogP contribution in [0.5, 0.6) is 5.88 Å². The van der Waals surface area contributed by atoms with Gasteiger partial charge in [0.25, 0.3) is 11.8 Å². The third kappa shape index (κ3) is 6.93. The molecular formula is C44H46N10O6. The van der Waals surface area contributed by atoms with Gasteiger partial charge in [0.05, 0.1) is 29.4 Å². The molecule has 0 saturated carbocycles. The van der Waals surface area contributed by atoms with E-state index >= 15 is 0 Å². The molecule has 1 atom stereocenters. The predicted octanol–water partition coefficient (Wildman–Crippen LogP) is 2.87. The Kier molecular flexibility index (Phi) is 9.58. The largest absolute Gasteiger partial charge is 0.474 e. The molecule has 2 aromatic carbocycles. The van der Waals surface area contributed by atoms with Gasteiger partial charge in [-0.25, -0.2) is 9.97 Å². The molecule has 16 nitrogen and oxygen atoms in total. The van der Waals surface area contributed by atoms with Crippen LogP contribution >= 0.6 is 0 Å². The molecule has 0 radical (unpaired) electrons. The van der Waals surface area contributed by atoms with E-state index in [-0.39, 0.29) is 29.9 Å². The minimum atomic E-state index is -0.985. The number of fused-ring (bicyclic) bond motifs is 3. The van der Waals surface area contributed by atoms with Gasteiger partial charge in [-0.05, 0) is 72.9 Å². The SMILES string of the molecule is Cc1c(N2CCc3cnc(Nc4ccc(CC(=O)N5CCN(C6CN(c7ccc8c(c7)C(=O)N(C7CCC(=O)NC7=O)C8=O)C6)CC5)cc4)cc3C2)cnc2c1NCCO2. The van der Waals surface area contributed by atoms with Gasteiger partial charge in [0, 0.05) is 94.5 Å². The lowest BCUT2D eigenvalue weighted by molar-refractivity contribution is -0.136. The number of hydrogen-bond acceptors (Lipinski definition) is 13. The monoisotopic (exact) mass is 810 g/mol. The molecule has 3 N–H and O–H groups in total. The van der Waals surface area contributed by atoms with Crippen LogP contribution in [0.4, 0.5) is 28.6 Å². The number of imide groups is 2. The molecule has 16 heteroatoms. The Bertz CT molecular complexity index is 2430. The van der Waals surface area contributed by atoms with Gasteiger partial charge in [0.15, 0.2) is 0 Å². The Labute approximate surface area is 346 Å². The third-order valence-corrected chi connectivity index (χ3v) is 12.8. The average Bonchev–Trinajstić information content (AvgIpc) is 3.49. The molecule has 6 aliphatic rings. The standard InChI is InChI=1S/C44H46N10O6/c1-26-36(22-47-42-40(26)45-11-17-60-42)52-12-10-28-21-46-37(19-29(28)23-52)48-30-4-2-27(3-5-30)18-39(56)51-15-13-50(14-16-51)32-24-53(25-32)31-6-7-33-34(20-31)44(59)54(43(33)58)35-8-9-38(55)49-41(35)57/h2-7,19-22,32,35,45H,8-18,23-25H2,1H3,(H,46,48)(H,49,55,57). The van der Waals surface area contributed by atoms with Gasteiger partial charge in [-0.1, -0.05) is 12.1 Å². The van der Waals surface area contributed by atoms with E-state index in [1.54, 1.807) is 12.1 Å². The molecule has 5 amide bonds. The molecule has 10 rings (SSSR count). The molecule has 60 heavy (non-hydrogen) atoms. The highest BCUT2D eigenvalue weighted by Crippen LogP contribution is 2.37. The van der Waals surface area contributed by atoms with E-state index in [1.807, 2.05) is 47.6 Å². The third-order valence-electron chi connectivity index (χ3n) is 12.8. The molecule has 2 aromatic heterocycles. The smallest absolute Gasteiger partial charge is 0.262 e. The van der Waals surface area contributed by atoms with E-state index in [0.29, 0.717) is 38.0 Å². The highest BCUT2D eigenvalue weighted by Gasteiger charge is 2.45. The summed E-state index contributed by atoms with van der Waals surface area (Å²) >= 11 is 0. The molecule has 6 aliphatic heterocycles. The van der Waals surface area contributed by atoms with Crippen LogP contribution in [0.3, 0.4) is 0 Å². The van der Waals surface area contributed by atoms with Gasteiger partial charge < -0.3 is 30.1 Å². The maximum atomic E-state index is 13.4. The van der Waals surface area contributed by atoms with E-state index in [0.717, 1.165) is 96.8 Å². The molecule has 1 unspecified atom stereocenters. The number of piperazine rings is 1. The molecule has 3 saturated heterocycles. The minimum absolute atomic E-state index is 0.0832. The summed E-state index contributed by atoms with van der Waals surface area (Å²) in [5.74, 6) is -0.462. The number of hydrogen-bond donors (Lipinski definition) is 3. The molecule has 308 valence electrons. The van der Waals surface area contributed by atoms with E-state index < -0.39 is 29.7 Å². The first-order valence-electron chi connectivity index (χ1n) is 20.7. The second kappa shape index (κ2) is 15.2. The Morgan fingerprint density at radius 1 is 0.867 bits per heavy atom. The number of rotatable bonds is 8. The fourth-order valence-corrected chi connectivity index (χ4v) is 9.27. The molecule has 0 spiro atoms. The minimum Gasteiger partial charge on any atom is -0.474 e. The number of piperidine rings is 1. The number of nitrogens with zero attached hydrogens (tertiary/aromatic N) is 7. The van der Waals surface area contributed by atoms with Crippen LogP contribution in [0.1, 0.15) is 55.8 Å². The summed E-state index contributed by atoms with van der Waals surface area (Å²) in [5.41, 5.74) is 9.00. The summed E-state index contributed by atoms with van der Waals surface area (Å²) in [4.78, 5) is 83.0. The maximum Gasteiger partial charge on any atom is 0.262 e. The second-order valence-corrected chi connectivity index (χ2v) is 16.4. The average molecular weight is 811 g/mol. The van der Waals surface area contributed by atoms with E-state index in [4.69, 9.17) is 9.72 Å². The number of ether oxygens (including phenoxy) is 1. The summed E-state index contributed by atoms with van der Waals surface area (Å²) < 4.78 is 5.73. The molecule has 8 heterocycles. The Morgan fingerprint density at radius 2 is 1.67 bits per heavy atom. The summed E-state index contributed by atoms with van der Waals surface area (Å²) in [6.07, 6.45) is 5.34. The fraction of sp³-hybridized carbons (Fsp3) is 0.386. The van der Waals surface area contributed by atoms with Crippen LogP contribution in [0.2, 0.25) is 0 Å². The zero-order valence-corrected chi connectivity index (χ0v) is 33.4. The molecule has 0 bridgehead atoms. The van der Waals surface area contributed by atoms with Crippen LogP contribution in [0.15, 0.2) is 60.9 Å². The summed E-state index contributed by atoms with van der Waals surface area (Å²) in [7, 11) is 0. The van der Waals surface area contributed by atoms with Gasteiger partial charge in [-0.15, -0.1) is 0 Å². The zero-order chi connectivity index (χ0) is 41.1. The normalized spacial score (nSPS) is 20.4. The van der Waals surface area contributed by atoms with Crippen LogP contribution < -0.4 is 30.5 Å². The topological polar surface area (TPSA) is 173 Å². The quantitative estimate of drug-likeness (QED) is 0.222. The van der Waals surface area contributed by atoms with Gasteiger partial charge >= 0.3 is 0 Å². The number of anilines is 5. The van der Waals surface area contributed by atoms with Crippen molar-refractivity contribution in [2.24, 2.45) is 0 Å². The second-order valence-electron chi connectivity index (χ2n) is 16.4. The van der Waals surface area contributed by atoms with Crippen LogP contribution in [-0.2, 0) is 33.8 Å². The highest BCUT2D eigenvalue weighted by atomic mass is 16.5. The maximum absolute atomic E-state index is 13.4. The van der Waals surface area contributed by atoms with E-state index in [9.17, 15) is 24.0 Å². The van der Waals surface area contributed by atoms with Crippen molar-refractivity contribution in [2.45, 2.75) is 51.2 Å². The van der Waals surface area contributed by atoms with E-state index in [1.165, 1.54) is 11.1 Å². The van der Waals surface area contributed by atoms with Crippen molar-refractivity contribution < 1.29 is 28.7 Å². The summed E-state index contributed by atoms with van der Waals surface area (Å²) in [6.45, 7) is 9.61. The lowest BCUT2D eigenvalue weighted by Gasteiger charge is -2.49. The van der Waals surface area contributed by atoms with Crippen molar-refractivity contribution in [1.29, 1.82) is 0 Å². The number of aromatic nitrogens is 2. The van der Waals surface area contributed by atoms with Crippen LogP contribution in [0.25, 0.3) is 0 Å². The fourth-order valence-electron chi connectivity index (χ4n) is 9.27. The van der Waals surface area contributed by atoms with Gasteiger partial charge in [-0.2, -0.15) is 0 Å². The van der Waals surface area contributed by atoms with Crippen molar-refractivity contribution in [3.63, 3.8) is 0 Å². The predicted molar refractivity (Wildman–Crippen MR) is 223 cm³/mol. The van der Waals surface area contributed by atoms with Crippen molar-refractivity contribution in [1.82, 2.24) is 30.0 Å². The Hall–Kier alpha value is -6.55. The van der Waals surface area contributed by atoms with Crippen LogP contribution in [-0.4, -0.2) is 125 Å². The van der Waals surface area contributed by atoms with Gasteiger partial charge in [-0.3, -0.25) is 39.1 Å². The first kappa shape index (κ1) is 37.7. The van der Waals surface area contributed by atoms with Crippen molar-refractivity contribution in [2.75, 3.05) is 79.4 Å². The number of amides is 5. The lowest BCUT2D eigenvalue weighted by Crippen LogP contribution is -2.63. The zero-order valence-electron chi connectivity index (χ0n) is 33.4. The Balaban J connectivity index is 0.690. The summed E-state index contributed by atoms with van der Waals surface area (Å²) in [6, 6.07) is 14.7. The van der Waals surface area contributed by atoms with Gasteiger partial charge in [0.1, 0.15) is 24.2 Å². The number of carbonyl (C=O) groups excluding carboxylic acids is 5. The number of benzene rings is 2. The number of nitrogens with one attached hydrogen (secondary N) is 3. The highest BCUT2D eigenvalue weighted by molar-refractivity contribution is 6.23. The Morgan fingerprint density at radius 3 is 2.47 bits per heavy atom. The lowest BCUT2D eigenvalue weighted by atomic mass is 10.0. The van der Waals surface area contributed by atoms with Gasteiger partial charge in [0.2, 0.25) is 23.6 Å². The number of pyridine rings is 2. The van der Waals surface area contributed by atoms with Crippen molar-refractivity contribution in [3.05, 3.63) is 94.3 Å². The van der Waals surface area contributed by atoms with Crippen molar-refractivity contribution >= 4 is 58.1 Å². The van der Waals surface area contributed by atoms with Crippen molar-refractivity contribution in [3.8, 4) is 5.88 Å².